The van der Waals surface area contributed by atoms with Gasteiger partial charge in [-0.15, -0.1) is 0 Å². The van der Waals surface area contributed by atoms with E-state index >= 15 is 0 Å². The van der Waals surface area contributed by atoms with E-state index in [0.29, 0.717) is 31.0 Å². The van der Waals surface area contributed by atoms with Crippen molar-refractivity contribution in [2.45, 2.75) is 64.2 Å². The molecule has 0 radical (unpaired) electrons. The van der Waals surface area contributed by atoms with Gasteiger partial charge in [-0.25, -0.2) is 0 Å². The third-order valence-corrected chi connectivity index (χ3v) is 6.50. The van der Waals surface area contributed by atoms with Crippen LogP contribution in [0.15, 0.2) is 17.1 Å². The van der Waals surface area contributed by atoms with Gasteiger partial charge in [-0.1, -0.05) is 13.8 Å². The Kier molecular flexibility index (Phi) is 5.48. The number of fused-ring (bicyclic) bond motifs is 3. The molecule has 3 fully saturated rings. The maximum absolute atomic E-state index is 13.1. The lowest BCUT2D eigenvalue weighted by molar-refractivity contribution is -0.135. The molecule has 2 aromatic heterocycles. The van der Waals surface area contributed by atoms with Crippen LogP contribution in [-0.4, -0.2) is 67.3 Å². The molecule has 5 rings (SSSR count). The van der Waals surface area contributed by atoms with Crippen molar-refractivity contribution in [1.29, 1.82) is 0 Å². The molecule has 2 aromatic rings. The van der Waals surface area contributed by atoms with E-state index in [1.807, 2.05) is 18.7 Å². The van der Waals surface area contributed by atoms with Crippen LogP contribution in [0.4, 0.5) is 0 Å². The second-order valence-electron chi connectivity index (χ2n) is 9.59. The molecule has 33 heavy (non-hydrogen) atoms. The summed E-state index contributed by atoms with van der Waals surface area (Å²) in [5.74, 6) is -0.955. The number of amides is 2. The van der Waals surface area contributed by atoms with E-state index in [0.717, 1.165) is 30.2 Å². The maximum atomic E-state index is 13.1. The van der Waals surface area contributed by atoms with Crippen molar-refractivity contribution in [3.8, 4) is 5.88 Å². The molecule has 2 saturated heterocycles. The Balaban J connectivity index is 1.53. The standard InChI is InChI=1S/C23H29N5O5/c1-13(2)10-26-21-14(3-8-18(29)27-16-6-7-17(27)12-33-11-16)9-24-28(21)23(32)19(22(26)31)20(30)25-15-4-5-15/h3,8-9,13,15-17,31H,4-7,10-12H2,1-2H3,(H,25,30)/b8-3+. The van der Waals surface area contributed by atoms with Crippen LogP contribution < -0.4 is 10.9 Å². The molecule has 2 amide bonds. The van der Waals surface area contributed by atoms with Crippen molar-refractivity contribution in [2.75, 3.05) is 13.2 Å². The molecule has 10 nitrogen and oxygen atoms in total. The second-order valence-corrected chi connectivity index (χ2v) is 9.59. The van der Waals surface area contributed by atoms with Crippen LogP contribution >= 0.6 is 0 Å². The minimum absolute atomic E-state index is 0.0446. The second kappa shape index (κ2) is 8.33. The summed E-state index contributed by atoms with van der Waals surface area (Å²) in [6.07, 6.45) is 8.20. The number of rotatable bonds is 6. The number of hydrogen-bond acceptors (Lipinski definition) is 6. The van der Waals surface area contributed by atoms with Gasteiger partial charge in [0.05, 0.1) is 31.5 Å². The summed E-state index contributed by atoms with van der Waals surface area (Å²) in [5.41, 5.74) is -0.123. The van der Waals surface area contributed by atoms with Crippen LogP contribution in [0.1, 0.15) is 55.5 Å². The van der Waals surface area contributed by atoms with E-state index in [2.05, 4.69) is 10.4 Å². The Bertz CT molecular complexity index is 1180. The highest BCUT2D eigenvalue weighted by Gasteiger charge is 2.39. The summed E-state index contributed by atoms with van der Waals surface area (Å²) in [6.45, 7) is 5.43. The number of nitrogens with zero attached hydrogens (tertiary/aromatic N) is 4. The van der Waals surface area contributed by atoms with Gasteiger partial charge in [0, 0.05) is 24.2 Å². The fraction of sp³-hybridized carbons (Fsp3) is 0.565. The molecule has 176 valence electrons. The molecule has 1 saturated carbocycles. The summed E-state index contributed by atoms with van der Waals surface area (Å²) in [5, 5.41) is 17.9. The SMILES string of the molecule is CC(C)Cn1c(O)c(C(=O)NC2CC2)c(=O)n2ncc(/C=C/C(=O)N3C4CCC3COC4)c12. The quantitative estimate of drug-likeness (QED) is 0.631. The molecule has 2 unspecified atom stereocenters. The molecular formula is C23H29N5O5. The Labute approximate surface area is 190 Å². The molecule has 4 heterocycles. The lowest BCUT2D eigenvalue weighted by Crippen LogP contribution is -2.48. The lowest BCUT2D eigenvalue weighted by atomic mass is 10.2. The third-order valence-electron chi connectivity index (χ3n) is 6.50. The number of ether oxygens (including phenoxy) is 1. The van der Waals surface area contributed by atoms with Crippen molar-refractivity contribution in [3.63, 3.8) is 0 Å². The predicted molar refractivity (Wildman–Crippen MR) is 120 cm³/mol. The topological polar surface area (TPSA) is 118 Å². The van der Waals surface area contributed by atoms with Crippen LogP contribution in [0.5, 0.6) is 5.88 Å². The highest BCUT2D eigenvalue weighted by molar-refractivity contribution is 5.97. The van der Waals surface area contributed by atoms with Crippen LogP contribution in [0, 0.1) is 5.92 Å². The van der Waals surface area contributed by atoms with Crippen molar-refractivity contribution < 1.29 is 19.4 Å². The van der Waals surface area contributed by atoms with E-state index in [-0.39, 0.29) is 41.4 Å². The van der Waals surface area contributed by atoms with E-state index in [9.17, 15) is 19.5 Å². The van der Waals surface area contributed by atoms with Crippen LogP contribution in [0.3, 0.4) is 0 Å². The van der Waals surface area contributed by atoms with Gasteiger partial charge in [-0.3, -0.25) is 19.0 Å². The monoisotopic (exact) mass is 455 g/mol. The van der Waals surface area contributed by atoms with Crippen LogP contribution in [0.25, 0.3) is 11.7 Å². The Hall–Kier alpha value is -3.14. The molecule has 2 aliphatic heterocycles. The molecule has 1 aliphatic carbocycles. The van der Waals surface area contributed by atoms with E-state index < -0.39 is 11.5 Å². The molecule has 2 atom stereocenters. The minimum Gasteiger partial charge on any atom is -0.494 e. The van der Waals surface area contributed by atoms with Crippen molar-refractivity contribution in [2.24, 2.45) is 5.92 Å². The first kappa shape index (κ1) is 21.7. The fourth-order valence-electron chi connectivity index (χ4n) is 4.79. The van der Waals surface area contributed by atoms with Gasteiger partial charge in [0.1, 0.15) is 5.65 Å². The molecule has 3 aliphatic rings. The molecule has 2 N–H and O–H groups in total. The lowest BCUT2D eigenvalue weighted by Gasteiger charge is -2.33. The minimum atomic E-state index is -0.683. The van der Waals surface area contributed by atoms with Crippen LogP contribution in [0.2, 0.25) is 0 Å². The Morgan fingerprint density at radius 3 is 2.58 bits per heavy atom. The predicted octanol–water partition coefficient (Wildman–Crippen LogP) is 1.15. The van der Waals surface area contributed by atoms with Gasteiger partial charge in [0.25, 0.3) is 11.5 Å². The first-order valence-electron chi connectivity index (χ1n) is 11.6. The highest BCUT2D eigenvalue weighted by Crippen LogP contribution is 2.29. The van der Waals surface area contributed by atoms with Gasteiger partial charge in [0.15, 0.2) is 5.56 Å². The summed E-state index contributed by atoms with van der Waals surface area (Å²) >= 11 is 0. The smallest absolute Gasteiger partial charge is 0.291 e. The zero-order valence-corrected chi connectivity index (χ0v) is 18.9. The van der Waals surface area contributed by atoms with E-state index in [1.54, 1.807) is 6.08 Å². The highest BCUT2D eigenvalue weighted by atomic mass is 16.5. The molecule has 10 heteroatoms. The van der Waals surface area contributed by atoms with Crippen LogP contribution in [-0.2, 0) is 16.1 Å². The Morgan fingerprint density at radius 2 is 1.94 bits per heavy atom. The first-order valence-corrected chi connectivity index (χ1v) is 11.6. The van der Waals surface area contributed by atoms with Gasteiger partial charge < -0.3 is 20.1 Å². The number of carbonyl (C=O) groups excluding carboxylic acids is 2. The fourth-order valence-corrected chi connectivity index (χ4v) is 4.79. The number of aromatic hydroxyl groups is 1. The van der Waals surface area contributed by atoms with E-state index in [1.165, 1.54) is 16.8 Å². The largest absolute Gasteiger partial charge is 0.494 e. The molecule has 0 aromatic carbocycles. The average molecular weight is 456 g/mol. The molecular weight excluding hydrogens is 426 g/mol. The van der Waals surface area contributed by atoms with Gasteiger partial charge in [-0.05, 0) is 37.7 Å². The summed E-state index contributed by atoms with van der Waals surface area (Å²) in [6, 6.07) is 0.240. The van der Waals surface area contributed by atoms with Crippen molar-refractivity contribution in [1.82, 2.24) is 24.4 Å². The normalized spacial score (nSPS) is 22.6. The zero-order chi connectivity index (χ0) is 23.3. The first-order chi connectivity index (χ1) is 15.8. The number of hydrogen-bond donors (Lipinski definition) is 2. The molecule has 2 bridgehead atoms. The summed E-state index contributed by atoms with van der Waals surface area (Å²) in [7, 11) is 0. The van der Waals surface area contributed by atoms with E-state index in [4.69, 9.17) is 4.74 Å². The number of nitrogens with one attached hydrogen (secondary N) is 1. The van der Waals surface area contributed by atoms with Gasteiger partial charge >= 0.3 is 0 Å². The van der Waals surface area contributed by atoms with Crippen molar-refractivity contribution in [3.05, 3.63) is 33.8 Å². The zero-order valence-electron chi connectivity index (χ0n) is 18.9. The summed E-state index contributed by atoms with van der Waals surface area (Å²) in [4.78, 5) is 40.6. The number of morpholine rings is 1. The van der Waals surface area contributed by atoms with Crippen molar-refractivity contribution >= 4 is 23.5 Å². The number of aromatic nitrogens is 3. The third kappa shape index (κ3) is 3.92. The Morgan fingerprint density at radius 1 is 1.24 bits per heavy atom. The van der Waals surface area contributed by atoms with Gasteiger partial charge in [0.2, 0.25) is 11.8 Å². The maximum Gasteiger partial charge on any atom is 0.291 e. The van der Waals surface area contributed by atoms with Gasteiger partial charge in [-0.2, -0.15) is 9.61 Å². The molecule has 0 spiro atoms. The number of carbonyl (C=O) groups is 2. The average Bonchev–Trinajstić information content (AvgIpc) is 3.42. The summed E-state index contributed by atoms with van der Waals surface area (Å²) < 4.78 is 8.22.